The largest absolute Gasteiger partial charge is 0.311 e. The van der Waals surface area contributed by atoms with Crippen LogP contribution in [0.3, 0.4) is 0 Å². The highest BCUT2D eigenvalue weighted by Crippen LogP contribution is 2.09. The molecule has 0 radical (unpaired) electrons. The van der Waals surface area contributed by atoms with Crippen LogP contribution in [0.15, 0.2) is 0 Å². The van der Waals surface area contributed by atoms with E-state index in [0.29, 0.717) is 6.04 Å². The Morgan fingerprint density at radius 3 is 2.00 bits per heavy atom. The Hall–Kier alpha value is -0.120. The number of rotatable bonds is 5. The Kier molecular flexibility index (Phi) is 6.09. The Morgan fingerprint density at radius 1 is 1.00 bits per heavy atom. The van der Waals surface area contributed by atoms with Gasteiger partial charge in [0.1, 0.15) is 0 Å². The lowest BCUT2D eigenvalue weighted by atomic mass is 10.1. The Labute approximate surface area is 114 Å². The van der Waals surface area contributed by atoms with Crippen molar-refractivity contribution in [3.63, 3.8) is 0 Å². The van der Waals surface area contributed by atoms with Crippen molar-refractivity contribution in [2.75, 3.05) is 39.3 Å². The van der Waals surface area contributed by atoms with E-state index in [-0.39, 0.29) is 5.54 Å². The summed E-state index contributed by atoms with van der Waals surface area (Å²) < 4.78 is 0. The summed E-state index contributed by atoms with van der Waals surface area (Å²) in [5.74, 6) is 0.788. The quantitative estimate of drug-likeness (QED) is 0.811. The van der Waals surface area contributed by atoms with Gasteiger partial charge in [-0.1, -0.05) is 13.8 Å². The molecule has 1 atom stereocenters. The van der Waals surface area contributed by atoms with Crippen molar-refractivity contribution in [3.8, 4) is 0 Å². The number of piperazine rings is 1. The van der Waals surface area contributed by atoms with E-state index in [2.05, 4.69) is 56.7 Å². The Balaban J connectivity index is 2.25. The molecule has 1 heterocycles. The van der Waals surface area contributed by atoms with E-state index >= 15 is 0 Å². The molecule has 0 spiro atoms. The molecular weight excluding hydrogens is 222 g/mol. The third kappa shape index (κ3) is 6.17. The summed E-state index contributed by atoms with van der Waals surface area (Å²) in [5, 5.41) is 3.61. The van der Waals surface area contributed by atoms with Gasteiger partial charge in [0.15, 0.2) is 0 Å². The Bertz CT molecular complexity index is 224. The minimum absolute atomic E-state index is 0.230. The van der Waals surface area contributed by atoms with Gasteiger partial charge in [-0.3, -0.25) is 4.90 Å². The molecule has 0 aliphatic carbocycles. The van der Waals surface area contributed by atoms with Crippen LogP contribution in [-0.4, -0.2) is 60.6 Å². The highest BCUT2D eigenvalue weighted by atomic mass is 15.3. The fourth-order valence-electron chi connectivity index (χ4n) is 2.49. The van der Waals surface area contributed by atoms with Crippen LogP contribution in [-0.2, 0) is 0 Å². The van der Waals surface area contributed by atoms with Gasteiger partial charge in [0, 0.05) is 50.8 Å². The number of nitrogens with one attached hydrogen (secondary N) is 1. The monoisotopic (exact) mass is 255 g/mol. The summed E-state index contributed by atoms with van der Waals surface area (Å²) in [6.07, 6.45) is 0. The molecule has 1 aliphatic heterocycles. The molecule has 1 saturated heterocycles. The van der Waals surface area contributed by atoms with E-state index < -0.39 is 0 Å². The second-order valence-corrected chi connectivity index (χ2v) is 7.21. The van der Waals surface area contributed by atoms with Gasteiger partial charge >= 0.3 is 0 Å². The van der Waals surface area contributed by atoms with E-state index in [9.17, 15) is 0 Å². The van der Waals surface area contributed by atoms with Crippen molar-refractivity contribution in [3.05, 3.63) is 0 Å². The molecule has 3 nitrogen and oxygen atoms in total. The van der Waals surface area contributed by atoms with Gasteiger partial charge in [-0.2, -0.15) is 0 Å². The first-order chi connectivity index (χ1) is 8.28. The molecule has 0 amide bonds. The summed E-state index contributed by atoms with van der Waals surface area (Å²) in [7, 11) is 0. The van der Waals surface area contributed by atoms with Crippen molar-refractivity contribution in [1.29, 1.82) is 0 Å². The van der Waals surface area contributed by atoms with Crippen molar-refractivity contribution >= 4 is 0 Å². The average Bonchev–Trinajstić information content (AvgIpc) is 2.25. The van der Waals surface area contributed by atoms with Crippen molar-refractivity contribution < 1.29 is 0 Å². The average molecular weight is 255 g/mol. The van der Waals surface area contributed by atoms with Crippen molar-refractivity contribution in [2.45, 2.75) is 53.1 Å². The molecule has 3 heteroatoms. The van der Waals surface area contributed by atoms with Crippen LogP contribution in [0.4, 0.5) is 0 Å². The van der Waals surface area contributed by atoms with Gasteiger partial charge in [-0.15, -0.1) is 0 Å². The number of nitrogens with zero attached hydrogens (tertiary/aromatic N) is 2. The zero-order valence-corrected chi connectivity index (χ0v) is 13.3. The summed E-state index contributed by atoms with van der Waals surface area (Å²) in [4.78, 5) is 5.22. The van der Waals surface area contributed by atoms with Crippen LogP contribution in [0.25, 0.3) is 0 Å². The van der Waals surface area contributed by atoms with Gasteiger partial charge in [-0.25, -0.2) is 0 Å². The lowest BCUT2D eigenvalue weighted by Crippen LogP contribution is -2.53. The molecule has 108 valence electrons. The number of hydrogen-bond acceptors (Lipinski definition) is 3. The topological polar surface area (TPSA) is 18.5 Å². The predicted octanol–water partition coefficient (Wildman–Crippen LogP) is 2.04. The summed E-state index contributed by atoms with van der Waals surface area (Å²) in [6, 6.07) is 0.644. The van der Waals surface area contributed by atoms with Crippen LogP contribution in [0.5, 0.6) is 0 Å². The van der Waals surface area contributed by atoms with Crippen LogP contribution >= 0.6 is 0 Å². The molecule has 0 bridgehead atoms. The molecule has 1 rings (SSSR count). The molecule has 0 saturated carbocycles. The first-order valence-electron chi connectivity index (χ1n) is 7.49. The van der Waals surface area contributed by atoms with E-state index in [1.807, 2.05) is 0 Å². The van der Waals surface area contributed by atoms with E-state index in [0.717, 1.165) is 12.5 Å². The smallest absolute Gasteiger partial charge is 0.0193 e. The lowest BCUT2D eigenvalue weighted by Gasteiger charge is -2.39. The standard InChI is InChI=1S/C15H33N3/c1-13(2)12-17-7-9-18(10-8-17)14(3)11-16-15(4,5)6/h13-14,16H,7-12H2,1-6H3. The maximum absolute atomic E-state index is 3.61. The Morgan fingerprint density at radius 2 is 1.56 bits per heavy atom. The van der Waals surface area contributed by atoms with E-state index in [1.54, 1.807) is 0 Å². The first kappa shape index (κ1) is 15.9. The van der Waals surface area contributed by atoms with Crippen molar-refractivity contribution in [2.24, 2.45) is 5.92 Å². The highest BCUT2D eigenvalue weighted by molar-refractivity contribution is 4.80. The summed E-state index contributed by atoms with van der Waals surface area (Å²) in [6.45, 7) is 20.9. The minimum atomic E-state index is 0.230. The molecule has 1 aliphatic rings. The molecule has 0 aromatic heterocycles. The normalized spacial score (nSPS) is 21.5. The van der Waals surface area contributed by atoms with Crippen LogP contribution in [0.1, 0.15) is 41.5 Å². The molecule has 0 aromatic carbocycles. The molecular formula is C15H33N3. The highest BCUT2D eigenvalue weighted by Gasteiger charge is 2.22. The second kappa shape index (κ2) is 6.88. The van der Waals surface area contributed by atoms with Gasteiger partial charge in [0.05, 0.1) is 0 Å². The fourth-order valence-corrected chi connectivity index (χ4v) is 2.49. The number of hydrogen-bond donors (Lipinski definition) is 1. The second-order valence-electron chi connectivity index (χ2n) is 7.21. The molecule has 18 heavy (non-hydrogen) atoms. The van der Waals surface area contributed by atoms with E-state index in [4.69, 9.17) is 0 Å². The maximum Gasteiger partial charge on any atom is 0.0193 e. The van der Waals surface area contributed by atoms with Gasteiger partial charge in [-0.05, 0) is 33.6 Å². The third-order valence-electron chi connectivity index (χ3n) is 3.58. The van der Waals surface area contributed by atoms with Crippen LogP contribution < -0.4 is 5.32 Å². The molecule has 1 N–H and O–H groups in total. The van der Waals surface area contributed by atoms with Gasteiger partial charge in [0.2, 0.25) is 0 Å². The molecule has 1 unspecified atom stereocenters. The SMILES string of the molecule is CC(C)CN1CCN(C(C)CNC(C)(C)C)CC1. The summed E-state index contributed by atoms with van der Waals surface area (Å²) in [5.41, 5.74) is 0.230. The fraction of sp³-hybridized carbons (Fsp3) is 1.00. The van der Waals surface area contributed by atoms with Crippen molar-refractivity contribution in [1.82, 2.24) is 15.1 Å². The summed E-state index contributed by atoms with van der Waals surface area (Å²) >= 11 is 0. The maximum atomic E-state index is 3.61. The lowest BCUT2D eigenvalue weighted by molar-refractivity contribution is 0.0918. The van der Waals surface area contributed by atoms with Crippen LogP contribution in [0.2, 0.25) is 0 Å². The van der Waals surface area contributed by atoms with Gasteiger partial charge < -0.3 is 10.2 Å². The van der Waals surface area contributed by atoms with Gasteiger partial charge in [0.25, 0.3) is 0 Å². The molecule has 0 aromatic rings. The van der Waals surface area contributed by atoms with Crippen LogP contribution in [0, 0.1) is 5.92 Å². The minimum Gasteiger partial charge on any atom is -0.311 e. The predicted molar refractivity (Wildman–Crippen MR) is 80.1 cm³/mol. The zero-order chi connectivity index (χ0) is 13.8. The molecule has 1 fully saturated rings. The third-order valence-corrected chi connectivity index (χ3v) is 3.58. The first-order valence-corrected chi connectivity index (χ1v) is 7.49. The van der Waals surface area contributed by atoms with E-state index in [1.165, 1.54) is 32.7 Å². The zero-order valence-electron chi connectivity index (χ0n) is 13.3.